The van der Waals surface area contributed by atoms with Gasteiger partial charge >= 0.3 is 18.0 Å². The Labute approximate surface area is 175 Å². The van der Waals surface area contributed by atoms with Crippen molar-refractivity contribution in [2.75, 3.05) is 34.5 Å². The van der Waals surface area contributed by atoms with Gasteiger partial charge in [0.2, 0.25) is 5.76 Å². The van der Waals surface area contributed by atoms with E-state index in [0.29, 0.717) is 0 Å². The number of nitrogens with two attached hydrogens (primary N) is 1. The Bertz CT molecular complexity index is 654. The summed E-state index contributed by atoms with van der Waals surface area (Å²) in [4.78, 5) is 41.5. The maximum atomic E-state index is 12.4. The number of hydrogen-bond acceptors (Lipinski definition) is 10. The fraction of sp³-hybridized carbons (Fsp3) is 0.667. The Balaban J connectivity index is 5.62. The molecule has 0 spiro atoms. The first kappa shape index (κ1) is 27.1. The lowest BCUT2D eigenvalue weighted by molar-refractivity contribution is -0.142. The Morgan fingerprint density at radius 2 is 1.77 bits per heavy atom. The molecule has 2 atom stereocenters. The first-order chi connectivity index (χ1) is 13.8. The minimum absolute atomic E-state index is 0.0253. The summed E-state index contributed by atoms with van der Waals surface area (Å²) in [5.74, 6) is -2.74. The van der Waals surface area contributed by atoms with Crippen molar-refractivity contribution >= 4 is 23.9 Å². The molecule has 172 valence electrons. The molecule has 0 aliphatic carbocycles. The molecule has 12 nitrogen and oxygen atoms in total. The third-order valence-corrected chi connectivity index (χ3v) is 3.21. The van der Waals surface area contributed by atoms with E-state index in [9.17, 15) is 19.5 Å². The van der Waals surface area contributed by atoms with Crippen molar-refractivity contribution in [2.45, 2.75) is 45.4 Å². The van der Waals surface area contributed by atoms with Gasteiger partial charge < -0.3 is 34.6 Å². The fourth-order valence-electron chi connectivity index (χ4n) is 1.76. The summed E-state index contributed by atoms with van der Waals surface area (Å²) in [6.45, 7) is 6.42. The molecule has 0 aliphatic rings. The molecule has 30 heavy (non-hydrogen) atoms. The Hall–Kier alpha value is -2.86. The van der Waals surface area contributed by atoms with Gasteiger partial charge in [0.05, 0.1) is 39.6 Å². The molecule has 2 unspecified atom stereocenters. The van der Waals surface area contributed by atoms with E-state index >= 15 is 0 Å². The Morgan fingerprint density at radius 3 is 2.23 bits per heavy atom. The number of aliphatic hydroxyl groups is 1. The average Bonchev–Trinajstić information content (AvgIpc) is 2.65. The van der Waals surface area contributed by atoms with E-state index in [1.54, 1.807) is 20.8 Å². The Kier molecular flexibility index (Phi) is 11.4. The number of oxime groups is 1. The van der Waals surface area contributed by atoms with E-state index in [4.69, 9.17) is 20.0 Å². The molecule has 0 aromatic rings. The van der Waals surface area contributed by atoms with Crippen LogP contribution >= 0.6 is 0 Å². The second-order valence-corrected chi connectivity index (χ2v) is 7.12. The van der Waals surface area contributed by atoms with Crippen molar-refractivity contribution in [1.29, 1.82) is 0 Å². The number of carbonyl (C=O) groups is 3. The summed E-state index contributed by atoms with van der Waals surface area (Å²) in [6.07, 6.45) is -0.746. The maximum Gasteiger partial charge on any atom is 0.410 e. The zero-order chi connectivity index (χ0) is 23.5. The van der Waals surface area contributed by atoms with Crippen molar-refractivity contribution in [2.24, 2.45) is 10.9 Å². The summed E-state index contributed by atoms with van der Waals surface area (Å²) < 4.78 is 19.6. The summed E-state index contributed by atoms with van der Waals surface area (Å²) in [6, 6.07) is -0.976. The van der Waals surface area contributed by atoms with E-state index in [2.05, 4.69) is 14.6 Å². The summed E-state index contributed by atoms with van der Waals surface area (Å²) in [7, 11) is 3.59. The van der Waals surface area contributed by atoms with E-state index in [0.717, 1.165) is 25.2 Å². The number of ether oxygens (including phenoxy) is 4. The molecule has 0 heterocycles. The number of likely N-dealkylation sites (N-methyl/N-ethyl adjacent to an activating group) is 1. The van der Waals surface area contributed by atoms with Crippen LogP contribution in [-0.4, -0.2) is 86.1 Å². The lowest BCUT2D eigenvalue weighted by Crippen LogP contribution is -2.50. The predicted molar refractivity (Wildman–Crippen MR) is 105 cm³/mol. The predicted octanol–water partition coefficient (Wildman–Crippen LogP) is 0.138. The monoisotopic (exact) mass is 433 g/mol. The van der Waals surface area contributed by atoms with Crippen LogP contribution in [0.15, 0.2) is 17.0 Å². The molecule has 12 heteroatoms. The number of amides is 1. The van der Waals surface area contributed by atoms with Crippen LogP contribution in [0.5, 0.6) is 0 Å². The van der Waals surface area contributed by atoms with Gasteiger partial charge in [-0.15, -0.1) is 0 Å². The standard InChI is InChI=1S/C18H31N3O9/c1-11(22)9-28-10-12(21(5)17(25)29-18(2,3)4)15(19)20-30-13(16(24)27-7)8-14(23)26-6/h8,11-12,22H,9-10H2,1-7H3,(H2,19,20)/b13-8+. The van der Waals surface area contributed by atoms with Gasteiger partial charge in [-0.05, 0) is 27.7 Å². The van der Waals surface area contributed by atoms with E-state index < -0.39 is 41.5 Å². The van der Waals surface area contributed by atoms with Crippen LogP contribution in [0.4, 0.5) is 4.79 Å². The van der Waals surface area contributed by atoms with Gasteiger partial charge in [0.15, 0.2) is 5.84 Å². The quantitative estimate of drug-likeness (QED) is 0.0922. The molecule has 0 bridgehead atoms. The normalized spacial score (nSPS) is 14.4. The largest absolute Gasteiger partial charge is 0.466 e. The molecule has 0 aliphatic heterocycles. The van der Waals surface area contributed by atoms with Gasteiger partial charge in [-0.2, -0.15) is 0 Å². The first-order valence-electron chi connectivity index (χ1n) is 8.92. The number of amidine groups is 1. The molecular formula is C18H31N3O9. The molecule has 0 saturated heterocycles. The molecular weight excluding hydrogens is 402 g/mol. The first-order valence-corrected chi connectivity index (χ1v) is 8.92. The highest BCUT2D eigenvalue weighted by molar-refractivity contribution is 5.95. The number of esters is 2. The van der Waals surface area contributed by atoms with Gasteiger partial charge in [-0.3, -0.25) is 4.90 Å². The molecule has 3 N–H and O–H groups in total. The topological polar surface area (TPSA) is 159 Å². The molecule has 0 fully saturated rings. The van der Waals surface area contributed by atoms with E-state index in [1.807, 2.05) is 0 Å². The SMILES string of the molecule is COC(=O)/C=C(/O/N=C(\N)C(COCC(C)O)N(C)C(=O)OC(C)(C)C)C(=O)OC. The number of hydrogen-bond donors (Lipinski definition) is 2. The smallest absolute Gasteiger partial charge is 0.410 e. The fourth-order valence-corrected chi connectivity index (χ4v) is 1.76. The van der Waals surface area contributed by atoms with Crippen molar-refractivity contribution in [3.05, 3.63) is 11.8 Å². The molecule has 0 aromatic carbocycles. The molecule has 0 aromatic heterocycles. The van der Waals surface area contributed by atoms with Crippen LogP contribution < -0.4 is 5.73 Å². The van der Waals surface area contributed by atoms with Gasteiger partial charge in [0.25, 0.3) is 0 Å². The summed E-state index contributed by atoms with van der Waals surface area (Å²) in [5.41, 5.74) is 5.16. The van der Waals surface area contributed by atoms with Crippen LogP contribution in [0, 0.1) is 0 Å². The minimum Gasteiger partial charge on any atom is -0.466 e. The summed E-state index contributed by atoms with van der Waals surface area (Å²) >= 11 is 0. The van der Waals surface area contributed by atoms with Crippen LogP contribution in [0.25, 0.3) is 0 Å². The van der Waals surface area contributed by atoms with Crippen molar-refractivity contribution in [1.82, 2.24) is 4.90 Å². The third kappa shape index (κ3) is 10.6. The Morgan fingerprint density at radius 1 is 1.17 bits per heavy atom. The summed E-state index contributed by atoms with van der Waals surface area (Å²) in [5, 5.41) is 13.0. The zero-order valence-electron chi connectivity index (χ0n) is 18.3. The third-order valence-electron chi connectivity index (χ3n) is 3.21. The van der Waals surface area contributed by atoms with Crippen LogP contribution in [0.3, 0.4) is 0 Å². The lowest BCUT2D eigenvalue weighted by Gasteiger charge is -2.30. The number of methoxy groups -OCH3 is 2. The van der Waals surface area contributed by atoms with Crippen molar-refractivity contribution in [3.63, 3.8) is 0 Å². The molecule has 0 radical (unpaired) electrons. The zero-order valence-corrected chi connectivity index (χ0v) is 18.3. The average molecular weight is 433 g/mol. The van der Waals surface area contributed by atoms with Crippen LogP contribution in [-0.2, 0) is 33.4 Å². The highest BCUT2D eigenvalue weighted by Gasteiger charge is 2.29. The van der Waals surface area contributed by atoms with Crippen molar-refractivity contribution < 1.29 is 43.3 Å². The maximum absolute atomic E-state index is 12.4. The number of rotatable bonds is 10. The van der Waals surface area contributed by atoms with Crippen LogP contribution in [0.2, 0.25) is 0 Å². The minimum atomic E-state index is -1.00. The van der Waals surface area contributed by atoms with Crippen LogP contribution in [0.1, 0.15) is 27.7 Å². The highest BCUT2D eigenvalue weighted by atomic mass is 16.7. The molecule has 0 saturated carbocycles. The van der Waals surface area contributed by atoms with Crippen molar-refractivity contribution in [3.8, 4) is 0 Å². The highest BCUT2D eigenvalue weighted by Crippen LogP contribution is 2.12. The second kappa shape index (κ2) is 12.6. The van der Waals surface area contributed by atoms with E-state index in [-0.39, 0.29) is 19.0 Å². The lowest BCUT2D eigenvalue weighted by atomic mass is 10.2. The molecule has 1 amide bonds. The second-order valence-electron chi connectivity index (χ2n) is 7.12. The van der Waals surface area contributed by atoms with Gasteiger partial charge in [0, 0.05) is 7.05 Å². The van der Waals surface area contributed by atoms with Gasteiger partial charge in [-0.25, -0.2) is 14.4 Å². The molecule has 0 rings (SSSR count). The number of carbonyl (C=O) groups excluding carboxylic acids is 3. The van der Waals surface area contributed by atoms with E-state index in [1.165, 1.54) is 14.0 Å². The number of aliphatic hydroxyl groups excluding tert-OH is 1. The number of nitrogens with zero attached hydrogens (tertiary/aromatic N) is 2. The van der Waals surface area contributed by atoms with Gasteiger partial charge in [0.1, 0.15) is 11.6 Å². The van der Waals surface area contributed by atoms with Gasteiger partial charge in [-0.1, -0.05) is 5.16 Å².